The largest absolute Gasteiger partial charge is 0.480 e. The molecule has 0 aromatic heterocycles. The lowest BCUT2D eigenvalue weighted by atomic mass is 10.3. The standard InChI is InChI=1S/C9H17N3O5S/c10-1-2-12-7(13)3-6(9(16)17)18-4-5(11)8(14)15/h5-6H,1-4,10-11H2,(H,12,13)(H,14,15)(H,16,17). The van der Waals surface area contributed by atoms with Crippen molar-refractivity contribution in [1.29, 1.82) is 0 Å². The van der Waals surface area contributed by atoms with E-state index in [1.54, 1.807) is 0 Å². The van der Waals surface area contributed by atoms with Crippen molar-refractivity contribution < 1.29 is 24.6 Å². The quantitative estimate of drug-likeness (QED) is 0.326. The Bertz CT molecular complexity index is 313. The fourth-order valence-corrected chi connectivity index (χ4v) is 1.95. The van der Waals surface area contributed by atoms with Gasteiger partial charge in [0.05, 0.1) is 0 Å². The van der Waals surface area contributed by atoms with E-state index < -0.39 is 29.1 Å². The fourth-order valence-electron chi connectivity index (χ4n) is 0.961. The number of nitrogens with two attached hydrogens (primary N) is 2. The molecule has 18 heavy (non-hydrogen) atoms. The molecule has 0 heterocycles. The Morgan fingerprint density at radius 2 is 1.83 bits per heavy atom. The van der Waals surface area contributed by atoms with Crippen molar-refractivity contribution >= 4 is 29.6 Å². The van der Waals surface area contributed by atoms with Crippen molar-refractivity contribution in [3.8, 4) is 0 Å². The molecule has 0 radical (unpaired) electrons. The Labute approximate surface area is 108 Å². The van der Waals surface area contributed by atoms with Gasteiger partial charge in [-0.2, -0.15) is 0 Å². The molecule has 0 fully saturated rings. The molecule has 0 aliphatic rings. The second-order valence-corrected chi connectivity index (χ2v) is 4.68. The maximum Gasteiger partial charge on any atom is 0.321 e. The van der Waals surface area contributed by atoms with Crippen LogP contribution in [0.2, 0.25) is 0 Å². The number of nitrogens with one attached hydrogen (secondary N) is 1. The fraction of sp³-hybridized carbons (Fsp3) is 0.667. The first-order chi connectivity index (χ1) is 8.38. The lowest BCUT2D eigenvalue weighted by molar-refractivity contribution is -0.139. The molecule has 0 aromatic rings. The number of rotatable bonds is 9. The van der Waals surface area contributed by atoms with Crippen LogP contribution in [0.3, 0.4) is 0 Å². The summed E-state index contributed by atoms with van der Waals surface area (Å²) in [6.07, 6.45) is -0.244. The average molecular weight is 279 g/mol. The third-order valence-electron chi connectivity index (χ3n) is 1.91. The second kappa shape index (κ2) is 8.72. The summed E-state index contributed by atoms with van der Waals surface area (Å²) in [6, 6.07) is -1.15. The minimum atomic E-state index is -1.21. The number of carboxylic acid groups (broad SMARTS) is 2. The first-order valence-electron chi connectivity index (χ1n) is 5.18. The van der Waals surface area contributed by atoms with Crippen LogP contribution in [0.4, 0.5) is 0 Å². The van der Waals surface area contributed by atoms with Gasteiger partial charge in [-0.25, -0.2) is 0 Å². The Kier molecular flexibility index (Phi) is 8.08. The van der Waals surface area contributed by atoms with E-state index in [-0.39, 0.29) is 25.3 Å². The zero-order valence-corrected chi connectivity index (χ0v) is 10.5. The van der Waals surface area contributed by atoms with E-state index in [0.29, 0.717) is 0 Å². The number of amides is 1. The Morgan fingerprint density at radius 1 is 1.22 bits per heavy atom. The molecule has 0 aliphatic carbocycles. The third kappa shape index (κ3) is 7.09. The molecule has 8 nitrogen and oxygen atoms in total. The maximum atomic E-state index is 11.3. The number of aliphatic carboxylic acids is 2. The zero-order valence-electron chi connectivity index (χ0n) is 9.67. The van der Waals surface area contributed by atoms with E-state index in [0.717, 1.165) is 11.8 Å². The van der Waals surface area contributed by atoms with Crippen molar-refractivity contribution in [3.05, 3.63) is 0 Å². The molecule has 2 unspecified atom stereocenters. The molecule has 0 aromatic carbocycles. The topological polar surface area (TPSA) is 156 Å². The number of carbonyl (C=O) groups excluding carboxylic acids is 1. The summed E-state index contributed by atoms with van der Waals surface area (Å²) < 4.78 is 0. The van der Waals surface area contributed by atoms with Gasteiger partial charge in [0.25, 0.3) is 0 Å². The minimum absolute atomic E-state index is 0.0729. The van der Waals surface area contributed by atoms with Crippen LogP contribution in [0.5, 0.6) is 0 Å². The molecule has 0 bridgehead atoms. The Morgan fingerprint density at radius 3 is 2.28 bits per heavy atom. The first kappa shape index (κ1) is 16.7. The molecular formula is C9H17N3O5S. The summed E-state index contributed by atoms with van der Waals surface area (Å²) >= 11 is 0.830. The molecule has 2 atom stereocenters. The van der Waals surface area contributed by atoms with Crippen LogP contribution < -0.4 is 16.8 Å². The minimum Gasteiger partial charge on any atom is -0.480 e. The zero-order chi connectivity index (χ0) is 14.1. The van der Waals surface area contributed by atoms with Gasteiger partial charge < -0.3 is 27.0 Å². The van der Waals surface area contributed by atoms with Crippen LogP contribution in [0.25, 0.3) is 0 Å². The highest BCUT2D eigenvalue weighted by atomic mass is 32.2. The SMILES string of the molecule is NCCNC(=O)CC(SCC(N)C(=O)O)C(=O)O. The van der Waals surface area contributed by atoms with E-state index in [9.17, 15) is 14.4 Å². The van der Waals surface area contributed by atoms with Gasteiger partial charge in [-0.3, -0.25) is 14.4 Å². The van der Waals surface area contributed by atoms with Crippen LogP contribution in [0, 0.1) is 0 Å². The monoisotopic (exact) mass is 279 g/mol. The molecular weight excluding hydrogens is 262 g/mol. The number of thioether (sulfide) groups is 1. The van der Waals surface area contributed by atoms with Gasteiger partial charge in [0, 0.05) is 25.3 Å². The van der Waals surface area contributed by atoms with Crippen molar-refractivity contribution in [1.82, 2.24) is 5.32 Å². The van der Waals surface area contributed by atoms with Crippen molar-refractivity contribution in [2.24, 2.45) is 11.5 Å². The number of carboxylic acids is 2. The van der Waals surface area contributed by atoms with Gasteiger partial charge >= 0.3 is 11.9 Å². The lowest BCUT2D eigenvalue weighted by Crippen LogP contribution is -2.36. The highest BCUT2D eigenvalue weighted by molar-refractivity contribution is 8.00. The lowest BCUT2D eigenvalue weighted by Gasteiger charge is -2.13. The smallest absolute Gasteiger partial charge is 0.321 e. The van der Waals surface area contributed by atoms with E-state index in [1.165, 1.54) is 0 Å². The third-order valence-corrected chi connectivity index (χ3v) is 3.23. The summed E-state index contributed by atoms with van der Waals surface area (Å²) in [6.45, 7) is 0.533. The summed E-state index contributed by atoms with van der Waals surface area (Å²) in [5, 5.41) is 18.9. The van der Waals surface area contributed by atoms with Gasteiger partial charge in [-0.1, -0.05) is 0 Å². The average Bonchev–Trinajstić information content (AvgIpc) is 2.30. The van der Waals surface area contributed by atoms with Crippen molar-refractivity contribution in [2.45, 2.75) is 17.7 Å². The van der Waals surface area contributed by atoms with Gasteiger partial charge in [-0.15, -0.1) is 11.8 Å². The van der Waals surface area contributed by atoms with E-state index >= 15 is 0 Å². The summed E-state index contributed by atoms with van der Waals surface area (Å²) in [5.74, 6) is -2.90. The molecule has 104 valence electrons. The highest BCUT2D eigenvalue weighted by Gasteiger charge is 2.24. The van der Waals surface area contributed by atoms with Gasteiger partial charge in [-0.05, 0) is 0 Å². The van der Waals surface area contributed by atoms with Crippen molar-refractivity contribution in [3.63, 3.8) is 0 Å². The predicted molar refractivity (Wildman–Crippen MR) is 66.2 cm³/mol. The van der Waals surface area contributed by atoms with Crippen LogP contribution in [-0.2, 0) is 14.4 Å². The van der Waals surface area contributed by atoms with Crippen LogP contribution in [-0.4, -0.2) is 58.2 Å². The molecule has 0 spiro atoms. The molecule has 1 amide bonds. The number of hydrogen-bond donors (Lipinski definition) is 5. The second-order valence-electron chi connectivity index (χ2n) is 3.45. The van der Waals surface area contributed by atoms with Gasteiger partial charge in [0.2, 0.25) is 5.91 Å². The number of hydrogen-bond acceptors (Lipinski definition) is 6. The van der Waals surface area contributed by atoms with E-state index in [4.69, 9.17) is 21.7 Å². The summed E-state index contributed by atoms with van der Waals surface area (Å²) in [5.41, 5.74) is 10.4. The Balaban J connectivity index is 4.19. The van der Waals surface area contributed by atoms with E-state index in [1.807, 2.05) is 0 Å². The summed E-state index contributed by atoms with van der Waals surface area (Å²) in [4.78, 5) is 32.6. The molecule has 9 heteroatoms. The van der Waals surface area contributed by atoms with Crippen LogP contribution in [0.15, 0.2) is 0 Å². The highest BCUT2D eigenvalue weighted by Crippen LogP contribution is 2.16. The molecule has 0 saturated carbocycles. The van der Waals surface area contributed by atoms with Gasteiger partial charge in [0.15, 0.2) is 0 Å². The van der Waals surface area contributed by atoms with Crippen LogP contribution in [0.1, 0.15) is 6.42 Å². The first-order valence-corrected chi connectivity index (χ1v) is 6.23. The van der Waals surface area contributed by atoms with Crippen LogP contribution >= 0.6 is 11.8 Å². The molecule has 0 rings (SSSR count). The van der Waals surface area contributed by atoms with Crippen molar-refractivity contribution in [2.75, 3.05) is 18.8 Å². The summed E-state index contributed by atoms with van der Waals surface area (Å²) in [7, 11) is 0. The predicted octanol–water partition coefficient (Wildman–Crippen LogP) is -1.95. The molecule has 0 saturated heterocycles. The molecule has 7 N–H and O–H groups in total. The van der Waals surface area contributed by atoms with Gasteiger partial charge in [0.1, 0.15) is 11.3 Å². The molecule has 0 aliphatic heterocycles. The Hall–Kier alpha value is -1.32. The normalized spacial score (nSPS) is 13.7. The van der Waals surface area contributed by atoms with E-state index in [2.05, 4.69) is 5.32 Å². The maximum absolute atomic E-state index is 11.3. The number of carbonyl (C=O) groups is 3.